The van der Waals surface area contributed by atoms with Crippen LogP contribution in [0.1, 0.15) is 42.5 Å². The van der Waals surface area contributed by atoms with E-state index < -0.39 is 0 Å². The van der Waals surface area contributed by atoms with E-state index in [1.807, 2.05) is 6.07 Å². The van der Waals surface area contributed by atoms with Gasteiger partial charge in [0.15, 0.2) is 0 Å². The van der Waals surface area contributed by atoms with E-state index in [4.69, 9.17) is 5.73 Å². The SMILES string of the molecule is NC1CC2CCCC(C1)C2NC(=O)CNC(=O)c1ccccc1. The van der Waals surface area contributed by atoms with Crippen LogP contribution in [0, 0.1) is 11.8 Å². The molecular formula is C18H25N3O2. The molecule has 2 atom stereocenters. The number of nitrogens with one attached hydrogen (secondary N) is 2. The first kappa shape index (κ1) is 16.0. The summed E-state index contributed by atoms with van der Waals surface area (Å²) in [5.41, 5.74) is 6.68. The zero-order chi connectivity index (χ0) is 16.2. The van der Waals surface area contributed by atoms with Crippen molar-refractivity contribution in [3.8, 4) is 0 Å². The van der Waals surface area contributed by atoms with Crippen LogP contribution in [0.25, 0.3) is 0 Å². The first-order valence-corrected chi connectivity index (χ1v) is 8.51. The lowest BCUT2D eigenvalue weighted by Gasteiger charge is -2.45. The van der Waals surface area contributed by atoms with Gasteiger partial charge in [-0.25, -0.2) is 0 Å². The van der Waals surface area contributed by atoms with Crippen LogP contribution >= 0.6 is 0 Å². The molecule has 0 heterocycles. The van der Waals surface area contributed by atoms with Crippen molar-refractivity contribution in [1.82, 2.24) is 10.6 Å². The molecular weight excluding hydrogens is 290 g/mol. The quantitative estimate of drug-likeness (QED) is 0.786. The molecule has 0 aliphatic heterocycles. The smallest absolute Gasteiger partial charge is 0.251 e. The van der Waals surface area contributed by atoms with Crippen molar-refractivity contribution in [3.63, 3.8) is 0 Å². The van der Waals surface area contributed by atoms with Gasteiger partial charge in [0.2, 0.25) is 5.91 Å². The Labute approximate surface area is 137 Å². The van der Waals surface area contributed by atoms with Gasteiger partial charge in [0.25, 0.3) is 5.91 Å². The Kier molecular flexibility index (Phi) is 4.96. The van der Waals surface area contributed by atoms with Crippen molar-refractivity contribution in [2.24, 2.45) is 17.6 Å². The second kappa shape index (κ2) is 7.13. The van der Waals surface area contributed by atoms with Gasteiger partial charge in [-0.05, 0) is 49.7 Å². The molecule has 1 aromatic rings. The van der Waals surface area contributed by atoms with Gasteiger partial charge >= 0.3 is 0 Å². The highest BCUT2D eigenvalue weighted by Crippen LogP contribution is 2.39. The summed E-state index contributed by atoms with van der Waals surface area (Å²) >= 11 is 0. The summed E-state index contributed by atoms with van der Waals surface area (Å²) in [6, 6.07) is 9.44. The van der Waals surface area contributed by atoms with Crippen molar-refractivity contribution in [2.75, 3.05) is 6.54 Å². The average Bonchev–Trinajstić information content (AvgIpc) is 2.54. The largest absolute Gasteiger partial charge is 0.351 e. The highest BCUT2D eigenvalue weighted by atomic mass is 16.2. The van der Waals surface area contributed by atoms with Crippen LogP contribution < -0.4 is 16.4 Å². The molecule has 2 saturated carbocycles. The lowest BCUT2D eigenvalue weighted by atomic mass is 9.67. The van der Waals surface area contributed by atoms with E-state index >= 15 is 0 Å². The molecule has 0 radical (unpaired) electrons. The molecule has 2 bridgehead atoms. The van der Waals surface area contributed by atoms with E-state index in [0.717, 1.165) is 25.7 Å². The Balaban J connectivity index is 1.50. The van der Waals surface area contributed by atoms with E-state index in [9.17, 15) is 9.59 Å². The molecule has 124 valence electrons. The van der Waals surface area contributed by atoms with Gasteiger partial charge in [0.05, 0.1) is 6.54 Å². The molecule has 2 aliphatic rings. The van der Waals surface area contributed by atoms with Crippen molar-refractivity contribution in [3.05, 3.63) is 35.9 Å². The number of fused-ring (bicyclic) bond motifs is 2. The maximum absolute atomic E-state index is 12.2. The van der Waals surface area contributed by atoms with Crippen molar-refractivity contribution in [2.45, 2.75) is 44.2 Å². The minimum atomic E-state index is -0.216. The number of benzene rings is 1. The second-order valence-corrected chi connectivity index (χ2v) is 6.82. The van der Waals surface area contributed by atoms with E-state index in [1.54, 1.807) is 24.3 Å². The molecule has 1 aromatic carbocycles. The molecule has 5 nitrogen and oxygen atoms in total. The normalized spacial score (nSPS) is 29.6. The van der Waals surface area contributed by atoms with Crippen LogP contribution in [0.15, 0.2) is 30.3 Å². The monoisotopic (exact) mass is 315 g/mol. The molecule has 0 spiro atoms. The van der Waals surface area contributed by atoms with Crippen molar-refractivity contribution in [1.29, 1.82) is 0 Å². The molecule has 0 aromatic heterocycles. The van der Waals surface area contributed by atoms with E-state index in [0.29, 0.717) is 17.4 Å². The molecule has 0 saturated heterocycles. The summed E-state index contributed by atoms with van der Waals surface area (Å²) < 4.78 is 0. The van der Waals surface area contributed by atoms with Crippen LogP contribution in [0.3, 0.4) is 0 Å². The van der Waals surface area contributed by atoms with E-state index in [-0.39, 0.29) is 30.4 Å². The number of amides is 2. The predicted molar refractivity (Wildman–Crippen MR) is 88.7 cm³/mol. The van der Waals surface area contributed by atoms with Crippen LogP contribution in [-0.2, 0) is 4.79 Å². The Bertz CT molecular complexity index is 547. The van der Waals surface area contributed by atoms with Crippen molar-refractivity contribution < 1.29 is 9.59 Å². The van der Waals surface area contributed by atoms with Gasteiger partial charge in [-0.2, -0.15) is 0 Å². The summed E-state index contributed by atoms with van der Waals surface area (Å²) in [6.45, 7) is 0.0235. The molecule has 2 aliphatic carbocycles. The fourth-order valence-electron chi connectivity index (χ4n) is 4.11. The average molecular weight is 315 g/mol. The first-order valence-electron chi connectivity index (χ1n) is 8.51. The van der Waals surface area contributed by atoms with Gasteiger partial charge in [-0.3, -0.25) is 9.59 Å². The van der Waals surface area contributed by atoms with Gasteiger partial charge in [0.1, 0.15) is 0 Å². The molecule has 4 N–H and O–H groups in total. The zero-order valence-electron chi connectivity index (χ0n) is 13.3. The fourth-order valence-corrected chi connectivity index (χ4v) is 4.11. The molecule has 23 heavy (non-hydrogen) atoms. The summed E-state index contributed by atoms with van der Waals surface area (Å²) in [6.07, 6.45) is 5.52. The fraction of sp³-hybridized carbons (Fsp3) is 0.556. The van der Waals surface area contributed by atoms with Gasteiger partial charge in [0, 0.05) is 17.6 Å². The van der Waals surface area contributed by atoms with Crippen LogP contribution in [0.4, 0.5) is 0 Å². The molecule has 5 heteroatoms. The maximum Gasteiger partial charge on any atom is 0.251 e. The summed E-state index contributed by atoms with van der Waals surface area (Å²) in [4.78, 5) is 24.2. The minimum Gasteiger partial charge on any atom is -0.351 e. The number of hydrogen-bond donors (Lipinski definition) is 3. The first-order chi connectivity index (χ1) is 11.1. The predicted octanol–water partition coefficient (Wildman–Crippen LogP) is 1.44. The van der Waals surface area contributed by atoms with Crippen LogP contribution in [-0.4, -0.2) is 30.4 Å². The highest BCUT2D eigenvalue weighted by molar-refractivity contribution is 5.96. The third-order valence-electron chi connectivity index (χ3n) is 5.15. The number of nitrogens with two attached hydrogens (primary N) is 1. The van der Waals surface area contributed by atoms with Crippen LogP contribution in [0.2, 0.25) is 0 Å². The molecule has 2 unspecified atom stereocenters. The number of hydrogen-bond acceptors (Lipinski definition) is 3. The third-order valence-corrected chi connectivity index (χ3v) is 5.15. The van der Waals surface area contributed by atoms with Gasteiger partial charge in [-0.15, -0.1) is 0 Å². The van der Waals surface area contributed by atoms with E-state index in [1.165, 1.54) is 6.42 Å². The summed E-state index contributed by atoms with van der Waals surface area (Å²) in [5.74, 6) is 0.663. The Morgan fingerprint density at radius 1 is 1.09 bits per heavy atom. The van der Waals surface area contributed by atoms with Crippen molar-refractivity contribution >= 4 is 11.8 Å². The number of carbonyl (C=O) groups excluding carboxylic acids is 2. The Hall–Kier alpha value is -1.88. The number of rotatable bonds is 4. The Morgan fingerprint density at radius 3 is 2.39 bits per heavy atom. The highest BCUT2D eigenvalue weighted by Gasteiger charge is 2.39. The topological polar surface area (TPSA) is 84.2 Å². The maximum atomic E-state index is 12.2. The minimum absolute atomic E-state index is 0.0235. The van der Waals surface area contributed by atoms with Gasteiger partial charge in [-0.1, -0.05) is 24.6 Å². The standard InChI is InChI=1S/C18H25N3O2/c19-15-9-13-7-4-8-14(10-15)17(13)21-16(22)11-20-18(23)12-5-2-1-3-6-12/h1-3,5-6,13-15,17H,4,7-11,19H2,(H,20,23)(H,21,22). The zero-order valence-corrected chi connectivity index (χ0v) is 13.3. The molecule has 3 rings (SSSR count). The number of carbonyl (C=O) groups is 2. The van der Waals surface area contributed by atoms with Gasteiger partial charge < -0.3 is 16.4 Å². The summed E-state index contributed by atoms with van der Waals surface area (Å²) in [7, 11) is 0. The lowest BCUT2D eigenvalue weighted by Crippen LogP contribution is -2.55. The lowest BCUT2D eigenvalue weighted by molar-refractivity contribution is -0.122. The third kappa shape index (κ3) is 3.91. The second-order valence-electron chi connectivity index (χ2n) is 6.82. The Morgan fingerprint density at radius 2 is 1.74 bits per heavy atom. The molecule has 2 amide bonds. The summed E-state index contributed by atoms with van der Waals surface area (Å²) in [5, 5.41) is 5.83. The molecule has 2 fully saturated rings. The van der Waals surface area contributed by atoms with Crippen LogP contribution in [0.5, 0.6) is 0 Å². The van der Waals surface area contributed by atoms with E-state index in [2.05, 4.69) is 10.6 Å².